The number of para-hydroxylation sites is 1. The van der Waals surface area contributed by atoms with Gasteiger partial charge in [-0.3, -0.25) is 19.4 Å². The number of thioether (sulfide) groups is 1. The number of aliphatic hydroxyl groups excluding tert-OH is 2. The predicted octanol–water partition coefficient (Wildman–Crippen LogP) is 5.40. The third-order valence-electron chi connectivity index (χ3n) is 11.9. The molecule has 0 saturated carbocycles. The number of carbonyl (C=O) groups is 4. The van der Waals surface area contributed by atoms with Crippen molar-refractivity contribution in [3.63, 3.8) is 0 Å². The Hall–Kier alpha value is -5.53. The lowest BCUT2D eigenvalue weighted by molar-refractivity contribution is -0.125. The summed E-state index contributed by atoms with van der Waals surface area (Å²) in [5.74, 6) is 0.353. The number of aliphatic hydroxyl groups is 2. The van der Waals surface area contributed by atoms with Crippen molar-refractivity contribution in [2.24, 2.45) is 0 Å². The van der Waals surface area contributed by atoms with E-state index in [1.54, 1.807) is 36.0 Å². The van der Waals surface area contributed by atoms with E-state index >= 15 is 0 Å². The fourth-order valence-corrected chi connectivity index (χ4v) is 9.22. The van der Waals surface area contributed by atoms with Crippen LogP contribution in [0.2, 0.25) is 0 Å². The highest BCUT2D eigenvalue weighted by Gasteiger charge is 2.33. The van der Waals surface area contributed by atoms with E-state index in [1.165, 1.54) is 30.9 Å². The minimum atomic E-state index is -0.516. The van der Waals surface area contributed by atoms with Gasteiger partial charge in [-0.15, -0.1) is 0 Å². The fourth-order valence-electron chi connectivity index (χ4n) is 8.19. The van der Waals surface area contributed by atoms with Gasteiger partial charge in [0.2, 0.25) is 11.8 Å². The molecule has 2 aliphatic rings. The van der Waals surface area contributed by atoms with Crippen molar-refractivity contribution in [2.75, 3.05) is 96.4 Å². The number of carbonyl (C=O) groups excluding carboxylic acids is 4. The normalized spacial score (nSPS) is 13.3. The van der Waals surface area contributed by atoms with Crippen LogP contribution >= 0.6 is 11.8 Å². The van der Waals surface area contributed by atoms with E-state index in [4.69, 9.17) is 18.9 Å². The summed E-state index contributed by atoms with van der Waals surface area (Å²) in [5.41, 5.74) is 8.74. The van der Waals surface area contributed by atoms with E-state index in [0.29, 0.717) is 89.3 Å². The molecule has 0 bridgehead atoms. The van der Waals surface area contributed by atoms with Crippen molar-refractivity contribution >= 4 is 52.3 Å². The average molecular weight is 967 g/mol. The molecule has 0 unspecified atom stereocenters. The Kier molecular flexibility index (Phi) is 21.6. The number of benzene rings is 2. The first-order chi connectivity index (χ1) is 33.7. The monoisotopic (exact) mass is 966 g/mol. The van der Waals surface area contributed by atoms with Gasteiger partial charge in [0.05, 0.1) is 77.0 Å². The SMILES string of the molecule is COC(=O)c1cccc(CN(CCO)CCOC[C@@H](CSCCCCCNC(=O)CCC(=O)N2Cc3ccccc3C3=C(C3)c3ccccc32)OCCN(CCO)Cc2cccc(C(=O)OC)n2)n1. The number of hydrogen-bond acceptors (Lipinski definition) is 15. The van der Waals surface area contributed by atoms with Crippen molar-refractivity contribution in [2.45, 2.75) is 64.3 Å². The third-order valence-corrected chi connectivity index (χ3v) is 13.0. The van der Waals surface area contributed by atoms with Gasteiger partial charge in [-0.25, -0.2) is 19.6 Å². The van der Waals surface area contributed by atoms with Crippen molar-refractivity contribution in [1.82, 2.24) is 25.1 Å². The molecule has 6 rings (SSSR count). The second kappa shape index (κ2) is 28.2. The Morgan fingerprint density at radius 3 is 2.01 bits per heavy atom. The van der Waals surface area contributed by atoms with E-state index in [-0.39, 0.29) is 55.4 Å². The molecule has 0 radical (unpaired) electrons. The maximum absolute atomic E-state index is 13.7. The summed E-state index contributed by atoms with van der Waals surface area (Å²) >= 11 is 1.77. The second-order valence-electron chi connectivity index (χ2n) is 16.9. The molecule has 1 atom stereocenters. The zero-order valence-electron chi connectivity index (χ0n) is 39.8. The van der Waals surface area contributed by atoms with Crippen molar-refractivity contribution in [1.29, 1.82) is 0 Å². The molecule has 0 fully saturated rings. The number of amides is 2. The van der Waals surface area contributed by atoms with Gasteiger partial charge in [-0.05, 0) is 77.6 Å². The number of nitrogens with one attached hydrogen (secondary N) is 1. The van der Waals surface area contributed by atoms with Gasteiger partial charge in [0.1, 0.15) is 11.4 Å². The number of pyridine rings is 2. The predicted molar refractivity (Wildman–Crippen MR) is 265 cm³/mol. The zero-order valence-corrected chi connectivity index (χ0v) is 40.6. The molecule has 3 heterocycles. The van der Waals surface area contributed by atoms with E-state index in [9.17, 15) is 29.4 Å². The lowest BCUT2D eigenvalue weighted by Gasteiger charge is -2.27. The van der Waals surface area contributed by atoms with Gasteiger partial charge in [0.15, 0.2) is 0 Å². The first-order valence-electron chi connectivity index (χ1n) is 23.7. The summed E-state index contributed by atoms with van der Waals surface area (Å²) in [5, 5.41) is 22.6. The molecule has 2 aromatic carbocycles. The molecule has 69 heavy (non-hydrogen) atoms. The second-order valence-corrected chi connectivity index (χ2v) is 18.0. The van der Waals surface area contributed by atoms with Gasteiger partial charge in [0.25, 0.3) is 0 Å². The molecule has 1 aliphatic carbocycles. The maximum atomic E-state index is 13.7. The molecule has 1 aliphatic heterocycles. The smallest absolute Gasteiger partial charge is 0.356 e. The molecule has 0 spiro atoms. The summed E-state index contributed by atoms with van der Waals surface area (Å²) in [6.07, 6.45) is 3.65. The van der Waals surface area contributed by atoms with E-state index in [2.05, 4.69) is 33.5 Å². The molecular formula is C52H66N6O10S. The van der Waals surface area contributed by atoms with Crippen LogP contribution in [-0.4, -0.2) is 151 Å². The first kappa shape index (κ1) is 52.8. The number of methoxy groups -OCH3 is 2. The van der Waals surface area contributed by atoms with Crippen LogP contribution in [-0.2, 0) is 48.2 Å². The molecule has 16 nitrogen and oxygen atoms in total. The number of anilines is 1. The largest absolute Gasteiger partial charge is 0.464 e. The molecule has 370 valence electrons. The zero-order chi connectivity index (χ0) is 48.8. The minimum Gasteiger partial charge on any atom is -0.464 e. The highest BCUT2D eigenvalue weighted by atomic mass is 32.2. The number of unbranched alkanes of at least 4 members (excludes halogenated alkanes) is 2. The maximum Gasteiger partial charge on any atom is 0.356 e. The Morgan fingerprint density at radius 1 is 0.725 bits per heavy atom. The van der Waals surface area contributed by atoms with Crippen LogP contribution in [0, 0.1) is 0 Å². The summed E-state index contributed by atoms with van der Waals surface area (Å²) in [4.78, 5) is 65.3. The van der Waals surface area contributed by atoms with Crippen LogP contribution < -0.4 is 10.2 Å². The lowest BCUT2D eigenvalue weighted by Crippen LogP contribution is -2.34. The molecule has 3 N–H and O–H groups in total. The van der Waals surface area contributed by atoms with E-state index < -0.39 is 11.9 Å². The molecule has 0 saturated heterocycles. The number of hydrogen-bond donors (Lipinski definition) is 3. The van der Waals surface area contributed by atoms with Crippen LogP contribution in [0.3, 0.4) is 0 Å². The Bertz CT molecular complexity index is 2350. The summed E-state index contributed by atoms with van der Waals surface area (Å²) in [6, 6.07) is 26.7. The van der Waals surface area contributed by atoms with Crippen LogP contribution in [0.4, 0.5) is 5.69 Å². The van der Waals surface area contributed by atoms with Gasteiger partial charge in [0, 0.05) is 70.0 Å². The topological polar surface area (TPSA) is 193 Å². The molecular weight excluding hydrogens is 901 g/mol. The highest BCUT2D eigenvalue weighted by Crippen LogP contribution is 2.52. The van der Waals surface area contributed by atoms with E-state index in [0.717, 1.165) is 48.3 Å². The van der Waals surface area contributed by atoms with Crippen LogP contribution in [0.25, 0.3) is 11.1 Å². The lowest BCUT2D eigenvalue weighted by atomic mass is 10.0. The number of allylic oxidation sites excluding steroid dienone is 2. The molecule has 2 amide bonds. The summed E-state index contributed by atoms with van der Waals surface area (Å²) in [6.45, 7) is 4.62. The number of rotatable bonds is 30. The molecule has 17 heteroatoms. The Balaban J connectivity index is 0.928. The van der Waals surface area contributed by atoms with Crippen molar-refractivity contribution in [3.8, 4) is 0 Å². The first-order valence-corrected chi connectivity index (χ1v) is 24.9. The number of esters is 2. The van der Waals surface area contributed by atoms with Gasteiger partial charge in [-0.2, -0.15) is 11.8 Å². The van der Waals surface area contributed by atoms with Gasteiger partial charge < -0.3 is 39.4 Å². The average Bonchev–Trinajstić information content (AvgIpc) is 4.16. The van der Waals surface area contributed by atoms with Gasteiger partial charge >= 0.3 is 11.9 Å². The van der Waals surface area contributed by atoms with Crippen LogP contribution in [0.15, 0.2) is 84.9 Å². The van der Waals surface area contributed by atoms with Crippen molar-refractivity contribution in [3.05, 3.63) is 124 Å². The number of aromatic nitrogens is 2. The third kappa shape index (κ3) is 16.6. The van der Waals surface area contributed by atoms with Crippen LogP contribution in [0.1, 0.15) is 87.6 Å². The Labute approximate surface area is 409 Å². The van der Waals surface area contributed by atoms with E-state index in [1.807, 2.05) is 57.2 Å². The quantitative estimate of drug-likeness (QED) is 0.0444. The van der Waals surface area contributed by atoms with Gasteiger partial charge in [-0.1, -0.05) is 61.0 Å². The minimum absolute atomic E-state index is 0.0520. The summed E-state index contributed by atoms with van der Waals surface area (Å²) in [7, 11) is 2.63. The van der Waals surface area contributed by atoms with Crippen molar-refractivity contribution < 1.29 is 48.3 Å². The Morgan fingerprint density at radius 2 is 1.35 bits per heavy atom. The number of fused-ring (bicyclic) bond motifs is 4. The number of ether oxygens (including phenoxy) is 4. The fraction of sp³-hybridized carbons (Fsp3) is 0.462. The summed E-state index contributed by atoms with van der Waals surface area (Å²) < 4.78 is 22.2. The standard InChI is InChI=1S/C52H66N6O10S/c1-65-51(63)46-17-10-13-39(54-46)34-56(23-27-59)25-29-67-36-41(68-30-26-57(24-28-60)35-40-14-11-18-47(55-40)52(64)66-2)37-69-31-9-3-8-22-53-49(61)20-21-50(62)58-33-38-12-4-5-15-42(38)44-32-45(44)43-16-6-7-19-48(43)58/h4-7,10-19,41,59-60H,3,8-9,20-37H2,1-2H3,(H,53,61)/t41-/m0/s1. The molecule has 2 aromatic heterocycles. The molecule has 4 aromatic rings. The highest BCUT2D eigenvalue weighted by molar-refractivity contribution is 7.99. The number of nitrogens with zero attached hydrogens (tertiary/aromatic N) is 5. The van der Waals surface area contributed by atoms with Crippen LogP contribution in [0.5, 0.6) is 0 Å².